The molecule has 0 bridgehead atoms. The van der Waals surface area contributed by atoms with E-state index in [1.807, 2.05) is 0 Å². The molecule has 0 spiro atoms. The lowest BCUT2D eigenvalue weighted by Gasteiger charge is -2.14. The van der Waals surface area contributed by atoms with Crippen molar-refractivity contribution in [3.05, 3.63) is 45.6 Å². The van der Waals surface area contributed by atoms with Gasteiger partial charge in [0, 0.05) is 4.91 Å². The highest BCUT2D eigenvalue weighted by atomic mass is 19.4. The molecule has 0 aliphatic rings. The molecule has 8 heteroatoms. The van der Waals surface area contributed by atoms with Crippen molar-refractivity contribution in [2.45, 2.75) is 12.2 Å². The molecule has 0 aliphatic carbocycles. The van der Waals surface area contributed by atoms with Gasteiger partial charge in [-0.2, -0.15) is 13.2 Å². The molecular formula is C9H7F4N3O. The van der Waals surface area contributed by atoms with Crippen LogP contribution in [0.25, 0.3) is 10.4 Å². The average Bonchev–Trinajstić information content (AvgIpc) is 2.25. The van der Waals surface area contributed by atoms with Gasteiger partial charge in [0.05, 0.1) is 18.2 Å². The van der Waals surface area contributed by atoms with Crippen molar-refractivity contribution >= 4 is 0 Å². The van der Waals surface area contributed by atoms with E-state index in [0.29, 0.717) is 6.07 Å². The van der Waals surface area contributed by atoms with Gasteiger partial charge in [-0.1, -0.05) is 17.2 Å². The number of hydrogen-bond acceptors (Lipinski definition) is 2. The maximum atomic E-state index is 13.5. The predicted octanol–water partition coefficient (Wildman–Crippen LogP) is 3.19. The van der Waals surface area contributed by atoms with E-state index in [9.17, 15) is 17.6 Å². The fourth-order valence-electron chi connectivity index (χ4n) is 1.29. The van der Waals surface area contributed by atoms with Crippen LogP contribution in [0.15, 0.2) is 23.3 Å². The zero-order chi connectivity index (χ0) is 13.1. The van der Waals surface area contributed by atoms with Gasteiger partial charge in [-0.15, -0.1) is 0 Å². The summed E-state index contributed by atoms with van der Waals surface area (Å²) >= 11 is 0. The van der Waals surface area contributed by atoms with Gasteiger partial charge in [0.15, 0.2) is 0 Å². The summed E-state index contributed by atoms with van der Waals surface area (Å²) in [5.74, 6) is -1.54. The van der Waals surface area contributed by atoms with E-state index >= 15 is 0 Å². The average molecular weight is 249 g/mol. The molecule has 0 amide bonds. The molecule has 0 aliphatic heterocycles. The number of aliphatic hydroxyl groups is 1. The van der Waals surface area contributed by atoms with Crippen LogP contribution in [0.5, 0.6) is 0 Å². The van der Waals surface area contributed by atoms with Crippen molar-refractivity contribution in [2.75, 3.05) is 6.61 Å². The number of alkyl halides is 3. The van der Waals surface area contributed by atoms with Gasteiger partial charge in [0.2, 0.25) is 0 Å². The molecule has 1 aromatic rings. The van der Waals surface area contributed by atoms with Crippen molar-refractivity contribution in [3.8, 4) is 0 Å². The second kappa shape index (κ2) is 5.03. The first-order chi connectivity index (χ1) is 7.91. The van der Waals surface area contributed by atoms with E-state index in [-0.39, 0.29) is 0 Å². The Morgan fingerprint density at radius 3 is 2.53 bits per heavy atom. The monoisotopic (exact) mass is 249 g/mol. The number of nitrogens with zero attached hydrogens (tertiary/aromatic N) is 3. The highest BCUT2D eigenvalue weighted by Gasteiger charge is 2.35. The van der Waals surface area contributed by atoms with Crippen LogP contribution in [0.2, 0.25) is 0 Å². The Morgan fingerprint density at radius 1 is 1.41 bits per heavy atom. The molecule has 1 aromatic carbocycles. The number of halogens is 4. The number of rotatable bonds is 3. The van der Waals surface area contributed by atoms with Crippen molar-refractivity contribution in [1.29, 1.82) is 0 Å². The molecule has 0 radical (unpaired) electrons. The molecule has 1 atom stereocenters. The highest BCUT2D eigenvalue weighted by molar-refractivity contribution is 5.30. The zero-order valence-corrected chi connectivity index (χ0v) is 8.32. The Balaban J connectivity index is 3.32. The Bertz CT molecular complexity index is 454. The largest absolute Gasteiger partial charge is 0.419 e. The third-order valence-corrected chi connectivity index (χ3v) is 2.06. The Morgan fingerprint density at radius 2 is 2.06 bits per heavy atom. The minimum atomic E-state index is -4.84. The van der Waals surface area contributed by atoms with Gasteiger partial charge < -0.3 is 5.11 Å². The number of azide groups is 1. The molecule has 0 saturated heterocycles. The van der Waals surface area contributed by atoms with Crippen LogP contribution in [0.4, 0.5) is 17.6 Å². The predicted molar refractivity (Wildman–Crippen MR) is 50.4 cm³/mol. The first-order valence-electron chi connectivity index (χ1n) is 4.42. The van der Waals surface area contributed by atoms with Crippen LogP contribution < -0.4 is 0 Å². The van der Waals surface area contributed by atoms with Gasteiger partial charge in [0.1, 0.15) is 5.82 Å². The standard InChI is InChI=1S/C9H7F4N3O/c10-8-5(7(4-17)15-16-14)2-1-3-6(8)9(11,12)13/h1-3,7,17H,4H2. The molecule has 0 aromatic heterocycles. The fourth-order valence-corrected chi connectivity index (χ4v) is 1.29. The first-order valence-corrected chi connectivity index (χ1v) is 4.42. The van der Waals surface area contributed by atoms with Gasteiger partial charge in [-0.3, -0.25) is 0 Å². The van der Waals surface area contributed by atoms with Gasteiger partial charge >= 0.3 is 6.18 Å². The third-order valence-electron chi connectivity index (χ3n) is 2.06. The van der Waals surface area contributed by atoms with E-state index in [1.165, 1.54) is 0 Å². The Hall–Kier alpha value is -1.79. The van der Waals surface area contributed by atoms with E-state index in [2.05, 4.69) is 10.0 Å². The second-order valence-electron chi connectivity index (χ2n) is 3.11. The smallest absolute Gasteiger partial charge is 0.396 e. The lowest BCUT2D eigenvalue weighted by atomic mass is 10.0. The molecule has 0 fully saturated rings. The van der Waals surface area contributed by atoms with Gasteiger partial charge in [-0.25, -0.2) is 4.39 Å². The summed E-state index contributed by atoms with van der Waals surface area (Å²) in [4.78, 5) is 2.33. The summed E-state index contributed by atoms with van der Waals surface area (Å²) < 4.78 is 50.6. The van der Waals surface area contributed by atoms with E-state index in [4.69, 9.17) is 10.6 Å². The molecule has 0 saturated carbocycles. The van der Waals surface area contributed by atoms with E-state index in [1.54, 1.807) is 0 Å². The van der Waals surface area contributed by atoms with Gasteiger partial charge in [-0.05, 0) is 17.2 Å². The number of benzene rings is 1. The normalized spacial score (nSPS) is 13.0. The zero-order valence-electron chi connectivity index (χ0n) is 8.32. The molecular weight excluding hydrogens is 242 g/mol. The molecule has 0 heterocycles. The van der Waals surface area contributed by atoms with Gasteiger partial charge in [0.25, 0.3) is 0 Å². The Labute approximate surface area is 93.1 Å². The van der Waals surface area contributed by atoms with Crippen LogP contribution in [0.3, 0.4) is 0 Å². The van der Waals surface area contributed by atoms with Crippen LogP contribution in [-0.2, 0) is 6.18 Å². The summed E-state index contributed by atoms with van der Waals surface area (Å²) in [6.07, 6.45) is -4.84. The molecule has 1 N–H and O–H groups in total. The van der Waals surface area contributed by atoms with Crippen molar-refractivity contribution in [1.82, 2.24) is 0 Å². The molecule has 17 heavy (non-hydrogen) atoms. The summed E-state index contributed by atoms with van der Waals surface area (Å²) in [7, 11) is 0. The van der Waals surface area contributed by atoms with E-state index < -0.39 is 35.8 Å². The van der Waals surface area contributed by atoms with Crippen molar-refractivity contribution in [3.63, 3.8) is 0 Å². The fraction of sp³-hybridized carbons (Fsp3) is 0.333. The van der Waals surface area contributed by atoms with Crippen LogP contribution in [-0.4, -0.2) is 11.7 Å². The highest BCUT2D eigenvalue weighted by Crippen LogP contribution is 2.34. The van der Waals surface area contributed by atoms with Crippen molar-refractivity contribution < 1.29 is 22.7 Å². The summed E-state index contributed by atoms with van der Waals surface area (Å²) in [5.41, 5.74) is 6.21. The number of hydrogen-bond donors (Lipinski definition) is 1. The first kappa shape index (κ1) is 13.3. The maximum absolute atomic E-state index is 13.5. The maximum Gasteiger partial charge on any atom is 0.419 e. The van der Waals surface area contributed by atoms with Crippen LogP contribution >= 0.6 is 0 Å². The summed E-state index contributed by atoms with van der Waals surface area (Å²) in [5, 5.41) is 11.8. The topological polar surface area (TPSA) is 69.0 Å². The third kappa shape index (κ3) is 2.86. The van der Waals surface area contributed by atoms with Crippen LogP contribution in [0.1, 0.15) is 17.2 Å². The molecule has 1 unspecified atom stereocenters. The lowest BCUT2D eigenvalue weighted by Crippen LogP contribution is -2.12. The molecule has 1 rings (SSSR count). The summed E-state index contributed by atoms with van der Waals surface area (Å²) in [6.45, 7) is -0.776. The molecule has 4 nitrogen and oxygen atoms in total. The summed E-state index contributed by atoms with van der Waals surface area (Å²) in [6, 6.07) is 1.21. The minimum Gasteiger partial charge on any atom is -0.396 e. The minimum absolute atomic E-state index is 0.486. The Kier molecular flexibility index (Phi) is 3.93. The lowest BCUT2D eigenvalue weighted by molar-refractivity contribution is -0.140. The SMILES string of the molecule is [N-]=[N+]=NC(CO)c1cccc(C(F)(F)F)c1F. The van der Waals surface area contributed by atoms with Crippen molar-refractivity contribution in [2.24, 2.45) is 5.11 Å². The second-order valence-corrected chi connectivity index (χ2v) is 3.11. The quantitative estimate of drug-likeness (QED) is 0.380. The number of aliphatic hydroxyl groups excluding tert-OH is 1. The molecule has 92 valence electrons. The van der Waals surface area contributed by atoms with Crippen LogP contribution in [0, 0.1) is 5.82 Å². The van der Waals surface area contributed by atoms with E-state index in [0.717, 1.165) is 12.1 Å².